The van der Waals surface area contributed by atoms with Gasteiger partial charge in [0.2, 0.25) is 5.92 Å². The van der Waals surface area contributed by atoms with Gasteiger partial charge in [-0.25, -0.2) is 8.78 Å². The molecule has 0 N–H and O–H groups in total. The molecule has 0 aromatic carbocycles. The summed E-state index contributed by atoms with van der Waals surface area (Å²) in [6, 6.07) is 4.55. The predicted octanol–water partition coefficient (Wildman–Crippen LogP) is 5.64. The number of alkyl halides is 2. The van der Waals surface area contributed by atoms with E-state index in [9.17, 15) is 8.78 Å². The molecule has 1 heterocycles. The first-order valence-electron chi connectivity index (χ1n) is 8.48. The summed E-state index contributed by atoms with van der Waals surface area (Å²) in [5.41, 5.74) is 0. The normalized spacial score (nSPS) is 32.4. The van der Waals surface area contributed by atoms with Gasteiger partial charge in [-0.3, -0.25) is 0 Å². The fourth-order valence-electron chi connectivity index (χ4n) is 4.17. The van der Waals surface area contributed by atoms with Gasteiger partial charge in [-0.05, 0) is 24.7 Å². The Kier molecular flexibility index (Phi) is 5.85. The first-order chi connectivity index (χ1) is 9.11. The second-order valence-corrected chi connectivity index (χ2v) is 10.4. The van der Waals surface area contributed by atoms with Crippen molar-refractivity contribution in [2.75, 3.05) is 0 Å². The van der Waals surface area contributed by atoms with Crippen LogP contribution in [0.15, 0.2) is 0 Å². The maximum Gasteiger partial charge on any atom is 0.248 e. The van der Waals surface area contributed by atoms with Crippen LogP contribution in [0.3, 0.4) is 0 Å². The molecule has 0 spiro atoms. The summed E-state index contributed by atoms with van der Waals surface area (Å²) in [5, 5.41) is 0. The molecule has 112 valence electrons. The van der Waals surface area contributed by atoms with Crippen LogP contribution in [-0.2, 0) is 0 Å². The first-order valence-corrected chi connectivity index (χ1v) is 10.9. The van der Waals surface area contributed by atoms with Crippen molar-refractivity contribution in [1.29, 1.82) is 0 Å². The molecule has 1 saturated carbocycles. The predicted molar refractivity (Wildman–Crippen MR) is 80.7 cm³/mol. The quantitative estimate of drug-likeness (QED) is 0.453. The molecule has 0 amide bonds. The smallest absolute Gasteiger partial charge is 0.207 e. The number of rotatable bonds is 5. The monoisotopic (exact) mass is 288 g/mol. The van der Waals surface area contributed by atoms with Crippen LogP contribution in [0.2, 0.25) is 18.1 Å². The van der Waals surface area contributed by atoms with Gasteiger partial charge in [-0.1, -0.05) is 57.2 Å². The van der Waals surface area contributed by atoms with E-state index >= 15 is 0 Å². The van der Waals surface area contributed by atoms with Crippen molar-refractivity contribution < 1.29 is 8.78 Å². The van der Waals surface area contributed by atoms with E-state index in [1.165, 1.54) is 44.2 Å². The van der Waals surface area contributed by atoms with Crippen LogP contribution in [0.4, 0.5) is 8.78 Å². The lowest BCUT2D eigenvalue weighted by molar-refractivity contribution is -0.0529. The highest BCUT2D eigenvalue weighted by molar-refractivity contribution is 6.58. The molecule has 19 heavy (non-hydrogen) atoms. The molecule has 2 fully saturated rings. The zero-order valence-corrected chi connectivity index (χ0v) is 13.6. The summed E-state index contributed by atoms with van der Waals surface area (Å²) in [6.07, 6.45) is 8.84. The molecule has 1 aliphatic heterocycles. The van der Waals surface area contributed by atoms with Gasteiger partial charge < -0.3 is 0 Å². The molecule has 0 atom stereocenters. The van der Waals surface area contributed by atoms with Crippen LogP contribution in [0, 0.1) is 11.8 Å². The molecular formula is C16H30F2Si. The highest BCUT2D eigenvalue weighted by atomic mass is 28.3. The van der Waals surface area contributed by atoms with Crippen molar-refractivity contribution in [2.45, 2.75) is 88.8 Å². The van der Waals surface area contributed by atoms with Crippen LogP contribution in [0.1, 0.15) is 64.7 Å². The fraction of sp³-hybridized carbons (Fsp3) is 1.00. The molecule has 0 nitrogen and oxygen atoms in total. The molecule has 3 heteroatoms. The molecule has 2 aliphatic rings. The maximum atomic E-state index is 13.2. The zero-order chi connectivity index (χ0) is 13.7. The van der Waals surface area contributed by atoms with E-state index in [4.69, 9.17) is 0 Å². The summed E-state index contributed by atoms with van der Waals surface area (Å²) in [4.78, 5) is 0. The number of hydrogen-bond acceptors (Lipinski definition) is 0. The molecule has 0 bridgehead atoms. The molecule has 2 rings (SSSR count). The summed E-state index contributed by atoms with van der Waals surface area (Å²) in [6.45, 7) is 2.28. The molecule has 1 aliphatic carbocycles. The van der Waals surface area contributed by atoms with Crippen LogP contribution >= 0.6 is 0 Å². The average Bonchev–Trinajstić information content (AvgIpc) is 2.40. The Bertz CT molecular complexity index is 249. The minimum absolute atomic E-state index is 0.158. The van der Waals surface area contributed by atoms with E-state index in [1.807, 2.05) is 0 Å². The zero-order valence-electron chi connectivity index (χ0n) is 12.5. The van der Waals surface area contributed by atoms with Crippen molar-refractivity contribution in [3.63, 3.8) is 0 Å². The number of unbranched alkanes of at least 4 members (excludes halogenated alkanes) is 2. The standard InChI is InChI=1S/C16H30F2Si/c1-2-3-4-11-19-12-7-15(8-13-19)14-5-9-16(17,18)10-6-14/h14-15,19H,2-13H2,1H3/t15-,19-. The van der Waals surface area contributed by atoms with Gasteiger partial charge in [-0.2, -0.15) is 0 Å². The second kappa shape index (κ2) is 7.19. The van der Waals surface area contributed by atoms with Crippen LogP contribution in [0.5, 0.6) is 0 Å². The lowest BCUT2D eigenvalue weighted by Gasteiger charge is -2.37. The van der Waals surface area contributed by atoms with Gasteiger partial charge in [0.25, 0.3) is 0 Å². The summed E-state index contributed by atoms with van der Waals surface area (Å²) < 4.78 is 26.4. The Labute approximate surface area is 119 Å². The third kappa shape index (κ3) is 4.84. The Balaban J connectivity index is 1.66. The van der Waals surface area contributed by atoms with E-state index in [2.05, 4.69) is 6.92 Å². The minimum Gasteiger partial charge on any atom is -0.207 e. The first kappa shape index (κ1) is 15.5. The van der Waals surface area contributed by atoms with Crippen LogP contribution in [0.25, 0.3) is 0 Å². The molecular weight excluding hydrogens is 258 g/mol. The van der Waals surface area contributed by atoms with Gasteiger partial charge in [0.1, 0.15) is 0 Å². The van der Waals surface area contributed by atoms with Crippen molar-refractivity contribution >= 4 is 8.80 Å². The SMILES string of the molecule is CCCCC[Si@H]1CC[C@H](C2CCC(F)(F)CC2)CC1. The van der Waals surface area contributed by atoms with Crippen molar-refractivity contribution in [2.24, 2.45) is 11.8 Å². The van der Waals surface area contributed by atoms with E-state index in [0.29, 0.717) is 5.92 Å². The fourth-order valence-corrected chi connectivity index (χ4v) is 7.70. The van der Waals surface area contributed by atoms with E-state index in [1.54, 1.807) is 6.04 Å². The number of hydrogen-bond donors (Lipinski definition) is 0. The number of halogens is 2. The average molecular weight is 288 g/mol. The third-order valence-corrected chi connectivity index (χ3v) is 9.06. The van der Waals surface area contributed by atoms with Crippen LogP contribution < -0.4 is 0 Å². The summed E-state index contributed by atoms with van der Waals surface area (Å²) in [7, 11) is -0.425. The van der Waals surface area contributed by atoms with Crippen LogP contribution in [-0.4, -0.2) is 14.7 Å². The van der Waals surface area contributed by atoms with E-state index in [-0.39, 0.29) is 12.8 Å². The Morgan fingerprint density at radius 1 is 0.947 bits per heavy atom. The van der Waals surface area contributed by atoms with Gasteiger partial charge >= 0.3 is 0 Å². The summed E-state index contributed by atoms with van der Waals surface area (Å²) >= 11 is 0. The van der Waals surface area contributed by atoms with E-state index in [0.717, 1.165) is 18.8 Å². The Morgan fingerprint density at radius 3 is 2.11 bits per heavy atom. The van der Waals surface area contributed by atoms with E-state index < -0.39 is 14.7 Å². The molecule has 0 aromatic heterocycles. The van der Waals surface area contributed by atoms with Crippen molar-refractivity contribution in [3.8, 4) is 0 Å². The van der Waals surface area contributed by atoms with Gasteiger partial charge in [0.15, 0.2) is 0 Å². The maximum absolute atomic E-state index is 13.2. The Hall–Kier alpha value is 0.0769. The molecule has 0 aromatic rings. The molecule has 0 unspecified atom stereocenters. The molecule has 0 radical (unpaired) electrons. The Morgan fingerprint density at radius 2 is 1.53 bits per heavy atom. The second-order valence-electron chi connectivity index (χ2n) is 6.97. The summed E-state index contributed by atoms with van der Waals surface area (Å²) in [5.74, 6) is -0.918. The van der Waals surface area contributed by atoms with Crippen molar-refractivity contribution in [1.82, 2.24) is 0 Å². The third-order valence-electron chi connectivity index (χ3n) is 5.54. The highest BCUT2D eigenvalue weighted by Crippen LogP contribution is 2.43. The van der Waals surface area contributed by atoms with Crippen molar-refractivity contribution in [3.05, 3.63) is 0 Å². The highest BCUT2D eigenvalue weighted by Gasteiger charge is 2.38. The lowest BCUT2D eigenvalue weighted by Crippen LogP contribution is -2.31. The lowest BCUT2D eigenvalue weighted by atomic mass is 9.76. The van der Waals surface area contributed by atoms with Gasteiger partial charge in [0, 0.05) is 21.6 Å². The van der Waals surface area contributed by atoms with Gasteiger partial charge in [-0.15, -0.1) is 0 Å². The topological polar surface area (TPSA) is 0 Å². The minimum atomic E-state index is -2.34. The largest absolute Gasteiger partial charge is 0.248 e. The van der Waals surface area contributed by atoms with Gasteiger partial charge in [0.05, 0.1) is 0 Å². The molecule has 1 saturated heterocycles.